The Hall–Kier alpha value is -0.570. The average Bonchev–Trinajstić information content (AvgIpc) is 2.35. The maximum absolute atomic E-state index is 11.1. The normalized spacial score (nSPS) is 39.8. The fraction of sp³-hybridized carbons (Fsp3) is 0.889. The summed E-state index contributed by atoms with van der Waals surface area (Å²) >= 11 is 0. The Kier molecular flexibility index (Phi) is 2.05. The van der Waals surface area contributed by atoms with Gasteiger partial charge in [0, 0.05) is 13.0 Å². The number of hydrogen-bond donors (Lipinski definition) is 0. The quantitative estimate of drug-likeness (QED) is 0.582. The zero-order valence-electron chi connectivity index (χ0n) is 7.29. The summed E-state index contributed by atoms with van der Waals surface area (Å²) in [4.78, 5) is 11.1. The van der Waals surface area contributed by atoms with Crippen molar-refractivity contribution in [3.8, 4) is 0 Å². The van der Waals surface area contributed by atoms with Crippen LogP contribution in [0.4, 0.5) is 0 Å². The largest absolute Gasteiger partial charge is 0.459 e. The Balaban J connectivity index is 1.99. The van der Waals surface area contributed by atoms with Crippen LogP contribution in [0.3, 0.4) is 0 Å². The van der Waals surface area contributed by atoms with E-state index in [1.807, 2.05) is 6.92 Å². The van der Waals surface area contributed by atoms with Crippen molar-refractivity contribution in [3.05, 3.63) is 0 Å². The highest BCUT2D eigenvalue weighted by molar-refractivity contribution is 5.75. The van der Waals surface area contributed by atoms with Gasteiger partial charge in [0.2, 0.25) is 0 Å². The average molecular weight is 170 g/mol. The second-order valence-corrected chi connectivity index (χ2v) is 3.48. The van der Waals surface area contributed by atoms with Gasteiger partial charge in [-0.3, -0.25) is 4.79 Å². The molecule has 1 aliphatic heterocycles. The summed E-state index contributed by atoms with van der Waals surface area (Å²) in [6.07, 6.45) is 3.02. The van der Waals surface area contributed by atoms with Crippen LogP contribution < -0.4 is 0 Å². The zero-order chi connectivity index (χ0) is 8.55. The molecule has 1 saturated carbocycles. The summed E-state index contributed by atoms with van der Waals surface area (Å²) in [6, 6.07) is 0. The second-order valence-electron chi connectivity index (χ2n) is 3.48. The number of fused-ring (bicyclic) bond motifs is 2. The molecular formula is C9H14O3. The molecule has 0 radical (unpaired) electrons. The standard InChI is InChI=1S/C9H14O3/c1-2-11-7-4-3-6-5-8(7)12-9(6)10/h6-8H,2-5H2,1H3. The number of carbonyl (C=O) groups excluding carboxylic acids is 1. The molecule has 2 rings (SSSR count). The highest BCUT2D eigenvalue weighted by atomic mass is 16.6. The molecule has 1 aliphatic carbocycles. The molecule has 3 atom stereocenters. The maximum Gasteiger partial charge on any atom is 0.309 e. The Morgan fingerprint density at radius 3 is 3.17 bits per heavy atom. The lowest BCUT2D eigenvalue weighted by molar-refractivity contribution is -0.147. The summed E-state index contributed by atoms with van der Waals surface area (Å²) in [5.74, 6) is 0.161. The molecule has 2 bridgehead atoms. The van der Waals surface area contributed by atoms with Gasteiger partial charge in [0.15, 0.2) is 0 Å². The van der Waals surface area contributed by atoms with Crippen LogP contribution in [-0.4, -0.2) is 24.8 Å². The van der Waals surface area contributed by atoms with Crippen LogP contribution in [-0.2, 0) is 14.3 Å². The molecule has 68 valence electrons. The van der Waals surface area contributed by atoms with E-state index in [0.29, 0.717) is 6.61 Å². The Bertz CT molecular complexity index is 190. The SMILES string of the molecule is CCOC1CCC2CC1OC2=O. The summed E-state index contributed by atoms with van der Waals surface area (Å²) in [5.41, 5.74) is 0. The van der Waals surface area contributed by atoms with Crippen molar-refractivity contribution in [1.82, 2.24) is 0 Å². The van der Waals surface area contributed by atoms with Gasteiger partial charge in [0.05, 0.1) is 12.0 Å². The van der Waals surface area contributed by atoms with Crippen LogP contribution in [0, 0.1) is 5.92 Å². The molecule has 0 spiro atoms. The molecule has 3 heteroatoms. The van der Waals surface area contributed by atoms with Gasteiger partial charge >= 0.3 is 5.97 Å². The van der Waals surface area contributed by atoms with Crippen LogP contribution in [0.1, 0.15) is 26.2 Å². The fourth-order valence-electron chi connectivity index (χ4n) is 2.09. The molecule has 0 amide bonds. The van der Waals surface area contributed by atoms with E-state index in [0.717, 1.165) is 19.3 Å². The summed E-state index contributed by atoms with van der Waals surface area (Å²) in [7, 11) is 0. The third-order valence-corrected chi connectivity index (χ3v) is 2.71. The molecule has 2 fully saturated rings. The van der Waals surface area contributed by atoms with Gasteiger partial charge in [-0.15, -0.1) is 0 Å². The van der Waals surface area contributed by atoms with Gasteiger partial charge in [0.1, 0.15) is 6.10 Å². The predicted octanol–water partition coefficient (Wildman–Crippen LogP) is 1.12. The van der Waals surface area contributed by atoms with E-state index in [1.165, 1.54) is 0 Å². The molecule has 1 heterocycles. The summed E-state index contributed by atoms with van der Waals surface area (Å²) in [6.45, 7) is 2.69. The topological polar surface area (TPSA) is 35.5 Å². The Labute approximate surface area is 72.0 Å². The van der Waals surface area contributed by atoms with Crippen LogP contribution in [0.2, 0.25) is 0 Å². The van der Waals surface area contributed by atoms with Crippen LogP contribution >= 0.6 is 0 Å². The Morgan fingerprint density at radius 1 is 1.58 bits per heavy atom. The molecule has 0 aromatic heterocycles. The molecular weight excluding hydrogens is 156 g/mol. The first-order chi connectivity index (χ1) is 5.81. The van der Waals surface area contributed by atoms with Crippen LogP contribution in [0.5, 0.6) is 0 Å². The smallest absolute Gasteiger partial charge is 0.309 e. The third kappa shape index (κ3) is 1.22. The number of rotatable bonds is 2. The van der Waals surface area contributed by atoms with Gasteiger partial charge in [-0.2, -0.15) is 0 Å². The molecule has 0 aromatic rings. The maximum atomic E-state index is 11.1. The van der Waals surface area contributed by atoms with E-state index in [2.05, 4.69) is 0 Å². The van der Waals surface area contributed by atoms with E-state index in [4.69, 9.17) is 9.47 Å². The van der Waals surface area contributed by atoms with Crippen molar-refractivity contribution in [2.45, 2.75) is 38.4 Å². The van der Waals surface area contributed by atoms with Crippen LogP contribution in [0.25, 0.3) is 0 Å². The van der Waals surface area contributed by atoms with Gasteiger partial charge in [-0.05, 0) is 19.8 Å². The number of hydrogen-bond acceptors (Lipinski definition) is 3. The minimum absolute atomic E-state index is 0.0118. The highest BCUT2D eigenvalue weighted by Gasteiger charge is 2.43. The lowest BCUT2D eigenvalue weighted by atomic mass is 9.88. The first kappa shape index (κ1) is 8.05. The molecule has 3 nitrogen and oxygen atoms in total. The zero-order valence-corrected chi connectivity index (χ0v) is 7.29. The van der Waals surface area contributed by atoms with Crippen LogP contribution in [0.15, 0.2) is 0 Å². The lowest BCUT2D eigenvalue weighted by Gasteiger charge is -2.25. The fourth-order valence-corrected chi connectivity index (χ4v) is 2.09. The molecule has 3 unspecified atom stereocenters. The minimum Gasteiger partial charge on any atom is -0.459 e. The monoisotopic (exact) mass is 170 g/mol. The van der Waals surface area contributed by atoms with E-state index < -0.39 is 0 Å². The summed E-state index contributed by atoms with van der Waals surface area (Å²) < 4.78 is 10.7. The molecule has 12 heavy (non-hydrogen) atoms. The number of carbonyl (C=O) groups is 1. The van der Waals surface area contributed by atoms with E-state index in [9.17, 15) is 4.79 Å². The second kappa shape index (κ2) is 3.05. The first-order valence-electron chi connectivity index (χ1n) is 4.63. The lowest BCUT2D eigenvalue weighted by Crippen LogP contribution is -2.31. The number of esters is 1. The van der Waals surface area contributed by atoms with E-state index in [-0.39, 0.29) is 24.1 Å². The van der Waals surface area contributed by atoms with Crippen molar-refractivity contribution in [2.75, 3.05) is 6.61 Å². The van der Waals surface area contributed by atoms with Gasteiger partial charge < -0.3 is 9.47 Å². The predicted molar refractivity (Wildman–Crippen MR) is 42.6 cm³/mol. The van der Waals surface area contributed by atoms with E-state index >= 15 is 0 Å². The summed E-state index contributed by atoms with van der Waals surface area (Å²) in [5, 5.41) is 0. The van der Waals surface area contributed by atoms with Gasteiger partial charge in [0.25, 0.3) is 0 Å². The first-order valence-corrected chi connectivity index (χ1v) is 4.63. The van der Waals surface area contributed by atoms with Crippen molar-refractivity contribution in [1.29, 1.82) is 0 Å². The molecule has 0 N–H and O–H groups in total. The molecule has 2 aliphatic rings. The molecule has 0 aromatic carbocycles. The Morgan fingerprint density at radius 2 is 2.42 bits per heavy atom. The van der Waals surface area contributed by atoms with Gasteiger partial charge in [-0.25, -0.2) is 0 Å². The van der Waals surface area contributed by atoms with E-state index in [1.54, 1.807) is 0 Å². The number of ether oxygens (including phenoxy) is 2. The van der Waals surface area contributed by atoms with Crippen molar-refractivity contribution >= 4 is 5.97 Å². The third-order valence-electron chi connectivity index (χ3n) is 2.71. The highest BCUT2D eigenvalue weighted by Crippen LogP contribution is 2.35. The minimum atomic E-state index is -0.0118. The van der Waals surface area contributed by atoms with Crippen molar-refractivity contribution in [3.63, 3.8) is 0 Å². The van der Waals surface area contributed by atoms with Gasteiger partial charge in [-0.1, -0.05) is 0 Å². The molecule has 1 saturated heterocycles. The van der Waals surface area contributed by atoms with Crippen molar-refractivity contribution in [2.24, 2.45) is 5.92 Å². The van der Waals surface area contributed by atoms with Crippen molar-refractivity contribution < 1.29 is 14.3 Å².